The molecule has 1 rings (SSSR count). The summed E-state index contributed by atoms with van der Waals surface area (Å²) in [5.74, 6) is -0.749. The number of benzene rings is 1. The van der Waals surface area contributed by atoms with Crippen LogP contribution in [0.15, 0.2) is 23.1 Å². The van der Waals surface area contributed by atoms with Crippen LogP contribution in [0.3, 0.4) is 0 Å². The van der Waals surface area contributed by atoms with Crippen LogP contribution in [-0.2, 0) is 10.0 Å². The van der Waals surface area contributed by atoms with Crippen molar-refractivity contribution >= 4 is 21.7 Å². The number of carbonyl (C=O) groups excluding carboxylic acids is 1. The van der Waals surface area contributed by atoms with Crippen molar-refractivity contribution in [2.24, 2.45) is 5.14 Å². The van der Waals surface area contributed by atoms with E-state index in [1.807, 2.05) is 0 Å². The fourth-order valence-corrected chi connectivity index (χ4v) is 1.74. The molecule has 0 aliphatic rings. The third-order valence-corrected chi connectivity index (χ3v) is 2.85. The van der Waals surface area contributed by atoms with Crippen LogP contribution in [0.5, 0.6) is 0 Å². The molecule has 8 heteroatoms. The van der Waals surface area contributed by atoms with E-state index in [1.54, 1.807) is 13.8 Å². The highest BCUT2D eigenvalue weighted by Gasteiger charge is 2.13. The minimum Gasteiger partial charge on any atom is -0.336 e. The Morgan fingerprint density at radius 3 is 2.50 bits per heavy atom. The second-order valence-corrected chi connectivity index (χ2v) is 5.50. The van der Waals surface area contributed by atoms with Crippen LogP contribution >= 0.6 is 0 Å². The van der Waals surface area contributed by atoms with Crippen molar-refractivity contribution in [3.63, 3.8) is 0 Å². The van der Waals surface area contributed by atoms with Gasteiger partial charge in [0.25, 0.3) is 0 Å². The summed E-state index contributed by atoms with van der Waals surface area (Å²) in [5.41, 5.74) is -0.250. The highest BCUT2D eigenvalue weighted by atomic mass is 32.2. The number of carbonyl (C=O) groups is 1. The van der Waals surface area contributed by atoms with Crippen molar-refractivity contribution in [2.75, 3.05) is 5.32 Å². The Hall–Kier alpha value is -1.67. The summed E-state index contributed by atoms with van der Waals surface area (Å²) < 4.78 is 35.6. The molecular formula is C10H14FN3O3S. The van der Waals surface area contributed by atoms with Gasteiger partial charge in [-0.15, -0.1) is 0 Å². The van der Waals surface area contributed by atoms with Crippen LogP contribution in [0, 0.1) is 5.82 Å². The monoisotopic (exact) mass is 275 g/mol. The average Bonchev–Trinajstić information content (AvgIpc) is 2.18. The smallest absolute Gasteiger partial charge is 0.319 e. The summed E-state index contributed by atoms with van der Waals surface area (Å²) in [4.78, 5) is 11.1. The van der Waals surface area contributed by atoms with Crippen molar-refractivity contribution in [3.8, 4) is 0 Å². The zero-order chi connectivity index (χ0) is 13.9. The Morgan fingerprint density at radius 2 is 2.00 bits per heavy atom. The summed E-state index contributed by atoms with van der Waals surface area (Å²) in [5, 5.41) is 9.60. The normalized spacial score (nSPS) is 11.4. The molecule has 0 heterocycles. The third kappa shape index (κ3) is 3.97. The molecule has 0 atom stereocenters. The molecule has 2 amide bonds. The molecule has 0 aliphatic heterocycles. The fourth-order valence-electron chi connectivity index (χ4n) is 1.20. The molecule has 1 aromatic rings. The number of rotatable bonds is 3. The lowest BCUT2D eigenvalue weighted by Crippen LogP contribution is -2.34. The molecule has 1 aromatic carbocycles. The van der Waals surface area contributed by atoms with Gasteiger partial charge in [-0.3, -0.25) is 0 Å². The molecular weight excluding hydrogens is 261 g/mol. The highest BCUT2D eigenvalue weighted by Crippen LogP contribution is 2.18. The number of urea groups is 1. The van der Waals surface area contributed by atoms with Gasteiger partial charge in [-0.25, -0.2) is 22.7 Å². The number of amides is 2. The first-order chi connectivity index (χ1) is 8.20. The summed E-state index contributed by atoms with van der Waals surface area (Å²) in [6.45, 7) is 3.47. The summed E-state index contributed by atoms with van der Waals surface area (Å²) in [6.07, 6.45) is 0. The quantitative estimate of drug-likeness (QED) is 0.767. The van der Waals surface area contributed by atoms with Gasteiger partial charge in [-0.2, -0.15) is 0 Å². The van der Waals surface area contributed by atoms with Gasteiger partial charge in [0.05, 0.1) is 10.6 Å². The zero-order valence-electron chi connectivity index (χ0n) is 9.90. The minimum absolute atomic E-state index is 0.130. The molecule has 0 spiro atoms. The zero-order valence-corrected chi connectivity index (χ0v) is 10.7. The molecule has 0 saturated heterocycles. The van der Waals surface area contributed by atoms with Crippen molar-refractivity contribution < 1.29 is 17.6 Å². The second-order valence-electron chi connectivity index (χ2n) is 3.94. The van der Waals surface area contributed by atoms with Gasteiger partial charge in [-0.05, 0) is 32.0 Å². The van der Waals surface area contributed by atoms with E-state index in [2.05, 4.69) is 10.6 Å². The van der Waals surface area contributed by atoms with Crippen LogP contribution in [0.1, 0.15) is 13.8 Å². The predicted octanol–water partition coefficient (Wildman–Crippen LogP) is 1.00. The SMILES string of the molecule is CC(C)NC(=O)Nc1cc(S(N)(=O)=O)ccc1F. The van der Waals surface area contributed by atoms with Gasteiger partial charge in [0.2, 0.25) is 10.0 Å². The number of hydrogen-bond acceptors (Lipinski definition) is 3. The van der Waals surface area contributed by atoms with E-state index in [1.165, 1.54) is 0 Å². The van der Waals surface area contributed by atoms with Gasteiger partial charge >= 0.3 is 6.03 Å². The first-order valence-electron chi connectivity index (χ1n) is 5.10. The number of hydrogen-bond donors (Lipinski definition) is 3. The predicted molar refractivity (Wildman–Crippen MR) is 65.1 cm³/mol. The number of nitrogens with two attached hydrogens (primary N) is 1. The van der Waals surface area contributed by atoms with Crippen LogP contribution in [-0.4, -0.2) is 20.5 Å². The maximum Gasteiger partial charge on any atom is 0.319 e. The Morgan fingerprint density at radius 1 is 1.39 bits per heavy atom. The van der Waals surface area contributed by atoms with Crippen molar-refractivity contribution in [1.82, 2.24) is 5.32 Å². The molecule has 0 aromatic heterocycles. The first kappa shape index (κ1) is 14.4. The lowest BCUT2D eigenvalue weighted by molar-refractivity contribution is 0.250. The molecule has 0 fully saturated rings. The van der Waals surface area contributed by atoms with Crippen LogP contribution < -0.4 is 15.8 Å². The van der Waals surface area contributed by atoms with E-state index in [0.717, 1.165) is 18.2 Å². The molecule has 4 N–H and O–H groups in total. The first-order valence-corrected chi connectivity index (χ1v) is 6.64. The fraction of sp³-hybridized carbons (Fsp3) is 0.300. The topological polar surface area (TPSA) is 101 Å². The lowest BCUT2D eigenvalue weighted by Gasteiger charge is -2.11. The van der Waals surface area contributed by atoms with Gasteiger partial charge in [0.1, 0.15) is 5.82 Å². The number of anilines is 1. The summed E-state index contributed by atoms with van der Waals surface area (Å²) in [6, 6.07) is 2.15. The van der Waals surface area contributed by atoms with Crippen molar-refractivity contribution in [3.05, 3.63) is 24.0 Å². The minimum atomic E-state index is -3.94. The standard InChI is InChI=1S/C10H14FN3O3S/c1-6(2)13-10(15)14-9-5-7(18(12,16)17)3-4-8(9)11/h3-6H,1-2H3,(H2,12,16,17)(H2,13,14,15). The third-order valence-electron chi connectivity index (χ3n) is 1.93. The van der Waals surface area contributed by atoms with Gasteiger partial charge in [0, 0.05) is 6.04 Å². The molecule has 0 saturated carbocycles. The van der Waals surface area contributed by atoms with Crippen LogP contribution in [0.2, 0.25) is 0 Å². The Labute approximate surface area is 104 Å². The van der Waals surface area contributed by atoms with Gasteiger partial charge < -0.3 is 10.6 Å². The molecule has 0 bridgehead atoms. The summed E-state index contributed by atoms with van der Waals surface area (Å²) >= 11 is 0. The summed E-state index contributed by atoms with van der Waals surface area (Å²) in [7, 11) is -3.94. The van der Waals surface area contributed by atoms with Crippen LogP contribution in [0.4, 0.5) is 14.9 Å². The largest absolute Gasteiger partial charge is 0.336 e. The van der Waals surface area contributed by atoms with E-state index >= 15 is 0 Å². The number of primary sulfonamides is 1. The van der Waals surface area contributed by atoms with Gasteiger partial charge in [-0.1, -0.05) is 0 Å². The maximum atomic E-state index is 13.4. The second kappa shape index (κ2) is 5.32. The Kier molecular flexibility index (Phi) is 4.25. The molecule has 0 aliphatic carbocycles. The Balaban J connectivity index is 2.99. The van der Waals surface area contributed by atoms with E-state index < -0.39 is 21.9 Å². The van der Waals surface area contributed by atoms with Crippen LogP contribution in [0.25, 0.3) is 0 Å². The lowest BCUT2D eigenvalue weighted by atomic mass is 10.3. The van der Waals surface area contributed by atoms with E-state index in [0.29, 0.717) is 0 Å². The molecule has 6 nitrogen and oxygen atoms in total. The molecule has 18 heavy (non-hydrogen) atoms. The number of nitrogens with one attached hydrogen (secondary N) is 2. The van der Waals surface area contributed by atoms with Crippen molar-refractivity contribution in [2.45, 2.75) is 24.8 Å². The van der Waals surface area contributed by atoms with Gasteiger partial charge in [0.15, 0.2) is 0 Å². The molecule has 100 valence electrons. The number of halogens is 1. The average molecular weight is 275 g/mol. The molecule has 0 radical (unpaired) electrons. The van der Waals surface area contributed by atoms with E-state index in [-0.39, 0.29) is 16.6 Å². The van der Waals surface area contributed by atoms with E-state index in [9.17, 15) is 17.6 Å². The Bertz CT molecular complexity index is 557. The maximum absolute atomic E-state index is 13.4. The number of sulfonamides is 1. The molecule has 0 unspecified atom stereocenters. The van der Waals surface area contributed by atoms with E-state index in [4.69, 9.17) is 5.14 Å². The van der Waals surface area contributed by atoms with Crippen molar-refractivity contribution in [1.29, 1.82) is 0 Å². The highest BCUT2D eigenvalue weighted by molar-refractivity contribution is 7.89.